The third-order valence-corrected chi connectivity index (χ3v) is 7.59. The summed E-state index contributed by atoms with van der Waals surface area (Å²) in [5.41, 5.74) is -4.78. The molecule has 0 bridgehead atoms. The molecule has 0 saturated heterocycles. The molecule has 37 heavy (non-hydrogen) atoms. The Hall–Kier alpha value is -3.11. The highest BCUT2D eigenvalue weighted by Crippen LogP contribution is 2.39. The summed E-state index contributed by atoms with van der Waals surface area (Å²) in [7, 11) is -4.26. The fourth-order valence-electron chi connectivity index (χ4n) is 3.73. The normalized spacial score (nSPS) is 19.6. The largest absolute Gasteiger partial charge is 0.505 e. The molecule has 0 amide bonds. The number of ether oxygens (including phenoxy) is 1. The van der Waals surface area contributed by atoms with Crippen LogP contribution >= 0.6 is 23.2 Å². The molecule has 4 N–H and O–H groups in total. The Labute approximate surface area is 216 Å². The van der Waals surface area contributed by atoms with E-state index in [2.05, 4.69) is 14.8 Å². The van der Waals surface area contributed by atoms with Gasteiger partial charge in [0.2, 0.25) is 15.9 Å². The van der Waals surface area contributed by atoms with E-state index in [-0.39, 0.29) is 40.2 Å². The molecule has 1 aliphatic rings. The van der Waals surface area contributed by atoms with Crippen molar-refractivity contribution in [2.75, 3.05) is 0 Å². The Bertz CT molecular complexity index is 1580. The summed E-state index contributed by atoms with van der Waals surface area (Å²) < 4.78 is 60.1. The van der Waals surface area contributed by atoms with E-state index >= 15 is 0 Å². The molecule has 1 fully saturated rings. The molecule has 0 unspecified atom stereocenters. The Kier molecular flexibility index (Phi) is 7.02. The van der Waals surface area contributed by atoms with Gasteiger partial charge in [-0.2, -0.15) is 9.78 Å². The van der Waals surface area contributed by atoms with Crippen molar-refractivity contribution in [2.24, 2.45) is 0 Å². The number of aromatic amines is 1. The molecule has 12 nitrogen and oxygen atoms in total. The lowest BCUT2D eigenvalue weighted by atomic mass is 9.77. The first-order chi connectivity index (χ1) is 17.2. The minimum absolute atomic E-state index is 0.186. The van der Waals surface area contributed by atoms with Crippen molar-refractivity contribution in [3.05, 3.63) is 61.0 Å². The summed E-state index contributed by atoms with van der Waals surface area (Å²) in [5, 5.41) is 22.5. The van der Waals surface area contributed by atoms with Gasteiger partial charge in [0.05, 0.1) is 28.0 Å². The number of hydrogen-bond acceptors (Lipinski definition) is 9. The molecule has 1 aromatic carbocycles. The van der Waals surface area contributed by atoms with Crippen LogP contribution in [0.25, 0.3) is 5.69 Å². The molecule has 3 aromatic rings. The molecule has 2 aromatic heterocycles. The van der Waals surface area contributed by atoms with Gasteiger partial charge in [0, 0.05) is 11.6 Å². The average molecular weight is 580 g/mol. The van der Waals surface area contributed by atoms with Crippen molar-refractivity contribution in [3.63, 3.8) is 0 Å². The first-order valence-corrected chi connectivity index (χ1v) is 12.5. The Morgan fingerprint density at radius 2 is 1.86 bits per heavy atom. The summed E-state index contributed by atoms with van der Waals surface area (Å²) in [4.78, 5) is 28.6. The molecule has 198 valence electrons. The quantitative estimate of drug-likeness (QED) is 0.327. The van der Waals surface area contributed by atoms with Crippen LogP contribution in [-0.4, -0.2) is 50.0 Å². The molecule has 17 heteroatoms. The van der Waals surface area contributed by atoms with E-state index in [0.29, 0.717) is 4.68 Å². The summed E-state index contributed by atoms with van der Waals surface area (Å²) in [6, 6.07) is 3.07. The minimum atomic E-state index is -4.26. The molecule has 0 spiro atoms. The van der Waals surface area contributed by atoms with Gasteiger partial charge in [-0.15, -0.1) is 0 Å². The number of halogens is 4. The van der Waals surface area contributed by atoms with E-state index in [9.17, 15) is 37.0 Å². The number of aliphatic hydroxyl groups excluding tert-OH is 1. The van der Waals surface area contributed by atoms with Gasteiger partial charge < -0.3 is 14.9 Å². The van der Waals surface area contributed by atoms with Crippen LogP contribution in [0.2, 0.25) is 10.0 Å². The summed E-state index contributed by atoms with van der Waals surface area (Å²) in [6.07, 6.45) is -2.71. The second-order valence-electron chi connectivity index (χ2n) is 8.42. The Morgan fingerprint density at radius 3 is 2.43 bits per heavy atom. The van der Waals surface area contributed by atoms with Gasteiger partial charge in [-0.1, -0.05) is 23.2 Å². The number of sulfonamides is 1. The highest BCUT2D eigenvalue weighted by Gasteiger charge is 2.43. The van der Waals surface area contributed by atoms with Crippen molar-refractivity contribution in [3.8, 4) is 23.1 Å². The second-order valence-corrected chi connectivity index (χ2v) is 10.9. The van der Waals surface area contributed by atoms with Crippen LogP contribution < -0.4 is 20.7 Å². The number of pyridine rings is 1. The number of aromatic hydroxyl groups is 1. The van der Waals surface area contributed by atoms with E-state index in [1.54, 1.807) is 11.9 Å². The van der Waals surface area contributed by atoms with Crippen LogP contribution in [0.5, 0.6) is 17.4 Å². The molecule has 4 rings (SSSR count). The summed E-state index contributed by atoms with van der Waals surface area (Å²) >= 11 is 12.4. The van der Waals surface area contributed by atoms with Crippen molar-refractivity contribution >= 4 is 33.2 Å². The maximum absolute atomic E-state index is 13.0. The molecule has 0 radical (unpaired) electrons. The first-order valence-electron chi connectivity index (χ1n) is 10.3. The molecule has 2 heterocycles. The van der Waals surface area contributed by atoms with Crippen LogP contribution in [0.3, 0.4) is 0 Å². The van der Waals surface area contributed by atoms with Crippen molar-refractivity contribution in [2.45, 2.75) is 42.7 Å². The molecular weight excluding hydrogens is 563 g/mol. The van der Waals surface area contributed by atoms with Crippen molar-refractivity contribution in [1.82, 2.24) is 24.5 Å². The lowest BCUT2D eigenvalue weighted by Gasteiger charge is -2.42. The zero-order chi connectivity index (χ0) is 27.3. The molecular formula is C20H17Cl2F2N5O7S. The van der Waals surface area contributed by atoms with Crippen LogP contribution in [-0.2, 0) is 10.0 Å². The van der Waals surface area contributed by atoms with E-state index in [1.807, 2.05) is 0 Å². The lowest BCUT2D eigenvalue weighted by molar-refractivity contribution is 0.0238. The predicted molar refractivity (Wildman–Crippen MR) is 125 cm³/mol. The fourth-order valence-corrected chi connectivity index (χ4v) is 5.79. The van der Waals surface area contributed by atoms with Gasteiger partial charge in [0.15, 0.2) is 17.2 Å². The zero-order valence-corrected chi connectivity index (χ0v) is 20.9. The monoisotopic (exact) mass is 579 g/mol. The van der Waals surface area contributed by atoms with Crippen LogP contribution in [0, 0.1) is 0 Å². The lowest BCUT2D eigenvalue weighted by Crippen LogP contribution is -2.57. The Balaban J connectivity index is 1.66. The number of aliphatic hydroxyl groups is 1. The molecule has 1 aliphatic carbocycles. The number of rotatable bonds is 7. The van der Waals surface area contributed by atoms with Crippen LogP contribution in [0.1, 0.15) is 31.9 Å². The van der Waals surface area contributed by atoms with E-state index in [0.717, 1.165) is 24.4 Å². The van der Waals surface area contributed by atoms with E-state index < -0.39 is 55.7 Å². The number of alkyl halides is 2. The summed E-state index contributed by atoms with van der Waals surface area (Å²) in [6.45, 7) is 1.60. The molecule has 0 aliphatic heterocycles. The van der Waals surface area contributed by atoms with Gasteiger partial charge in [-0.05, 0) is 31.9 Å². The maximum atomic E-state index is 13.0. The topological polar surface area (TPSA) is 176 Å². The highest BCUT2D eigenvalue weighted by molar-refractivity contribution is 7.89. The number of H-pyrrole nitrogens is 1. The smallest absolute Gasteiger partial charge is 0.349 e. The van der Waals surface area contributed by atoms with E-state index in [4.69, 9.17) is 27.9 Å². The minimum Gasteiger partial charge on any atom is -0.505 e. The fraction of sp³-hybridized carbons (Fsp3) is 0.300. The third-order valence-electron chi connectivity index (χ3n) is 5.36. The Morgan fingerprint density at radius 1 is 1.24 bits per heavy atom. The standard InChI is InChI=1S/C20H17Cl2F2N5O7S/c1-20(5-9(30)6-20)28-37(34,35)13-4-14(25-7-12(13)31)36-16-10(21)2-8(3-11(16)22)29-19(33)26-18(32)15(27-29)17(23)24/h2-4,7,9,17,28,30-31H,5-6H2,1H3,(H,26,32,33). The van der Waals surface area contributed by atoms with Gasteiger partial charge in [0.25, 0.3) is 12.0 Å². The van der Waals surface area contributed by atoms with Crippen LogP contribution in [0.4, 0.5) is 8.78 Å². The summed E-state index contributed by atoms with van der Waals surface area (Å²) in [5.74, 6) is -1.26. The SMILES string of the molecule is CC1(NS(=O)(=O)c2cc(Oc3c(Cl)cc(-n4nc(C(F)F)c(=O)[nH]c4=O)cc3Cl)ncc2O)CC(O)C1. The third kappa shape index (κ3) is 5.45. The molecule has 0 atom stereocenters. The maximum Gasteiger partial charge on any atom is 0.349 e. The number of nitrogens with one attached hydrogen (secondary N) is 2. The predicted octanol–water partition coefficient (Wildman–Crippen LogP) is 2.25. The van der Waals surface area contributed by atoms with Gasteiger partial charge in [0.1, 0.15) is 4.90 Å². The van der Waals surface area contributed by atoms with Gasteiger partial charge in [-0.3, -0.25) is 9.78 Å². The number of nitrogens with zero attached hydrogens (tertiary/aromatic N) is 3. The van der Waals surface area contributed by atoms with Crippen molar-refractivity contribution < 1.29 is 32.1 Å². The highest BCUT2D eigenvalue weighted by atomic mass is 35.5. The van der Waals surface area contributed by atoms with Crippen molar-refractivity contribution in [1.29, 1.82) is 0 Å². The van der Waals surface area contributed by atoms with E-state index in [1.165, 1.54) is 0 Å². The van der Waals surface area contributed by atoms with Gasteiger partial charge in [-0.25, -0.2) is 31.7 Å². The van der Waals surface area contributed by atoms with Crippen LogP contribution in [0.15, 0.2) is 38.9 Å². The first kappa shape index (κ1) is 26.9. The zero-order valence-electron chi connectivity index (χ0n) is 18.6. The number of benzene rings is 1. The van der Waals surface area contributed by atoms with Gasteiger partial charge >= 0.3 is 5.69 Å². The average Bonchev–Trinajstić information content (AvgIpc) is 2.75. The number of aromatic nitrogens is 4. The second kappa shape index (κ2) is 9.64. The molecule has 1 saturated carbocycles. The number of hydrogen-bond donors (Lipinski definition) is 4.